The molecular formula is C16H29NO4. The number of nitrogens with one attached hydrogen (secondary N) is 1. The first kappa shape index (κ1) is 18.0. The first-order chi connectivity index (χ1) is 10.1. The van der Waals surface area contributed by atoms with Crippen LogP contribution in [0.4, 0.5) is 0 Å². The van der Waals surface area contributed by atoms with Crippen molar-refractivity contribution >= 4 is 11.9 Å². The van der Waals surface area contributed by atoms with Crippen LogP contribution in [0, 0.1) is 0 Å². The molecule has 1 rings (SSSR count). The van der Waals surface area contributed by atoms with Crippen molar-refractivity contribution < 1.29 is 19.4 Å². The summed E-state index contributed by atoms with van der Waals surface area (Å²) >= 11 is 0. The SMILES string of the molecule is CCCCCCCCCC(=O)NCC1CCC(C(=O)O)O1. The van der Waals surface area contributed by atoms with Crippen LogP contribution in [0.1, 0.15) is 71.1 Å². The molecule has 1 heterocycles. The maximum absolute atomic E-state index is 11.7. The molecule has 0 aromatic rings. The van der Waals surface area contributed by atoms with Gasteiger partial charge in [0, 0.05) is 13.0 Å². The van der Waals surface area contributed by atoms with Gasteiger partial charge in [-0.3, -0.25) is 4.79 Å². The zero-order valence-electron chi connectivity index (χ0n) is 13.1. The lowest BCUT2D eigenvalue weighted by Gasteiger charge is -2.12. The Balaban J connectivity index is 1.96. The molecule has 0 bridgehead atoms. The summed E-state index contributed by atoms with van der Waals surface area (Å²) < 4.78 is 5.34. The topological polar surface area (TPSA) is 75.6 Å². The minimum atomic E-state index is -0.910. The van der Waals surface area contributed by atoms with E-state index in [0.717, 1.165) is 12.8 Å². The van der Waals surface area contributed by atoms with Crippen LogP contribution in [0.25, 0.3) is 0 Å². The van der Waals surface area contributed by atoms with Crippen LogP contribution in [-0.2, 0) is 14.3 Å². The van der Waals surface area contributed by atoms with Gasteiger partial charge in [0.15, 0.2) is 6.10 Å². The molecule has 0 aromatic carbocycles. The highest BCUT2D eigenvalue weighted by Gasteiger charge is 2.30. The molecule has 1 saturated heterocycles. The third kappa shape index (κ3) is 8.05. The van der Waals surface area contributed by atoms with E-state index >= 15 is 0 Å². The molecule has 1 aliphatic heterocycles. The number of amides is 1. The fraction of sp³-hybridized carbons (Fsp3) is 0.875. The number of carbonyl (C=O) groups is 2. The Morgan fingerprint density at radius 1 is 1.10 bits per heavy atom. The fourth-order valence-corrected chi connectivity index (χ4v) is 2.60. The number of ether oxygens (including phenoxy) is 1. The van der Waals surface area contributed by atoms with Gasteiger partial charge < -0.3 is 15.2 Å². The highest BCUT2D eigenvalue weighted by Crippen LogP contribution is 2.19. The number of rotatable bonds is 11. The van der Waals surface area contributed by atoms with E-state index in [1.165, 1.54) is 32.1 Å². The highest BCUT2D eigenvalue weighted by molar-refractivity contribution is 5.76. The van der Waals surface area contributed by atoms with Crippen LogP contribution in [0.15, 0.2) is 0 Å². The lowest BCUT2D eigenvalue weighted by atomic mass is 10.1. The van der Waals surface area contributed by atoms with E-state index in [1.807, 2.05) is 0 Å². The van der Waals surface area contributed by atoms with Crippen molar-refractivity contribution in [1.82, 2.24) is 5.32 Å². The van der Waals surface area contributed by atoms with Crippen molar-refractivity contribution in [1.29, 1.82) is 0 Å². The van der Waals surface area contributed by atoms with Crippen molar-refractivity contribution in [3.8, 4) is 0 Å². The minimum Gasteiger partial charge on any atom is -0.479 e. The summed E-state index contributed by atoms with van der Waals surface area (Å²) in [5, 5.41) is 11.7. The molecule has 0 aromatic heterocycles. The molecule has 122 valence electrons. The van der Waals surface area contributed by atoms with Crippen molar-refractivity contribution in [3.05, 3.63) is 0 Å². The number of carbonyl (C=O) groups excluding carboxylic acids is 1. The third-order valence-corrected chi connectivity index (χ3v) is 3.92. The standard InChI is InChI=1S/C16H29NO4/c1-2-3-4-5-6-7-8-9-15(18)17-12-13-10-11-14(21-13)16(19)20/h13-14H,2-12H2,1H3,(H,17,18)(H,19,20). The molecule has 1 fully saturated rings. The second-order valence-electron chi connectivity index (χ2n) is 5.84. The highest BCUT2D eigenvalue weighted by atomic mass is 16.5. The van der Waals surface area contributed by atoms with E-state index in [-0.39, 0.29) is 12.0 Å². The van der Waals surface area contributed by atoms with Crippen molar-refractivity contribution in [2.24, 2.45) is 0 Å². The number of unbranched alkanes of at least 4 members (excludes halogenated alkanes) is 6. The zero-order chi connectivity index (χ0) is 15.5. The third-order valence-electron chi connectivity index (χ3n) is 3.92. The summed E-state index contributed by atoms with van der Waals surface area (Å²) in [5.41, 5.74) is 0. The van der Waals surface area contributed by atoms with Gasteiger partial charge in [0.25, 0.3) is 0 Å². The van der Waals surface area contributed by atoms with Gasteiger partial charge in [-0.15, -0.1) is 0 Å². The van der Waals surface area contributed by atoms with Gasteiger partial charge in [0.2, 0.25) is 5.91 Å². The number of hydrogen-bond donors (Lipinski definition) is 2. The summed E-state index contributed by atoms with van der Waals surface area (Å²) in [4.78, 5) is 22.4. The van der Waals surface area contributed by atoms with E-state index in [4.69, 9.17) is 9.84 Å². The van der Waals surface area contributed by atoms with Gasteiger partial charge in [0.1, 0.15) is 0 Å². The van der Waals surface area contributed by atoms with Gasteiger partial charge in [-0.05, 0) is 19.3 Å². The maximum Gasteiger partial charge on any atom is 0.332 e. The average molecular weight is 299 g/mol. The summed E-state index contributed by atoms with van der Waals surface area (Å²) in [6, 6.07) is 0. The predicted octanol–water partition coefficient (Wildman–Crippen LogP) is 2.88. The minimum absolute atomic E-state index is 0.0472. The van der Waals surface area contributed by atoms with Gasteiger partial charge in [-0.25, -0.2) is 4.79 Å². The molecule has 5 nitrogen and oxygen atoms in total. The number of carboxylic acid groups (broad SMARTS) is 1. The van der Waals surface area contributed by atoms with Crippen LogP contribution in [0.3, 0.4) is 0 Å². The largest absolute Gasteiger partial charge is 0.479 e. The van der Waals surface area contributed by atoms with E-state index in [1.54, 1.807) is 0 Å². The normalized spacial score (nSPS) is 21.4. The van der Waals surface area contributed by atoms with Crippen LogP contribution >= 0.6 is 0 Å². The lowest BCUT2D eigenvalue weighted by Crippen LogP contribution is -2.32. The van der Waals surface area contributed by atoms with Gasteiger partial charge in [-0.2, -0.15) is 0 Å². The van der Waals surface area contributed by atoms with Crippen molar-refractivity contribution in [2.75, 3.05) is 6.54 Å². The van der Waals surface area contributed by atoms with Gasteiger partial charge in [-0.1, -0.05) is 45.4 Å². The first-order valence-corrected chi connectivity index (χ1v) is 8.28. The molecule has 1 aliphatic rings. The van der Waals surface area contributed by atoms with Gasteiger partial charge in [0.05, 0.1) is 6.10 Å². The number of aliphatic carboxylic acids is 1. The van der Waals surface area contributed by atoms with E-state index < -0.39 is 12.1 Å². The first-order valence-electron chi connectivity index (χ1n) is 8.28. The smallest absolute Gasteiger partial charge is 0.332 e. The molecule has 2 unspecified atom stereocenters. The lowest BCUT2D eigenvalue weighted by molar-refractivity contribution is -0.149. The Morgan fingerprint density at radius 2 is 1.76 bits per heavy atom. The molecular weight excluding hydrogens is 270 g/mol. The van der Waals surface area contributed by atoms with Crippen molar-refractivity contribution in [3.63, 3.8) is 0 Å². The Bertz CT molecular complexity index is 319. The Kier molecular flexibility index (Phi) is 9.06. The van der Waals surface area contributed by atoms with Crippen molar-refractivity contribution in [2.45, 2.75) is 83.3 Å². The molecule has 21 heavy (non-hydrogen) atoms. The molecule has 1 amide bonds. The Labute approximate surface area is 127 Å². The molecule has 0 radical (unpaired) electrons. The fourth-order valence-electron chi connectivity index (χ4n) is 2.60. The Morgan fingerprint density at radius 3 is 2.38 bits per heavy atom. The van der Waals surface area contributed by atoms with Crippen LogP contribution in [-0.4, -0.2) is 35.7 Å². The van der Waals surface area contributed by atoms with E-state index in [2.05, 4.69) is 12.2 Å². The second-order valence-corrected chi connectivity index (χ2v) is 5.84. The molecule has 0 aliphatic carbocycles. The molecule has 0 spiro atoms. The van der Waals surface area contributed by atoms with Crippen LogP contribution in [0.2, 0.25) is 0 Å². The Hall–Kier alpha value is -1.10. The van der Waals surface area contributed by atoms with E-state index in [9.17, 15) is 9.59 Å². The second kappa shape index (κ2) is 10.6. The maximum atomic E-state index is 11.7. The molecule has 2 N–H and O–H groups in total. The van der Waals surface area contributed by atoms with Crippen LogP contribution in [0.5, 0.6) is 0 Å². The summed E-state index contributed by atoms with van der Waals surface area (Å²) in [7, 11) is 0. The summed E-state index contributed by atoms with van der Waals surface area (Å²) in [5.74, 6) is -0.863. The summed E-state index contributed by atoms with van der Waals surface area (Å²) in [6.07, 6.45) is 9.32. The van der Waals surface area contributed by atoms with Crippen LogP contribution < -0.4 is 5.32 Å². The van der Waals surface area contributed by atoms with Gasteiger partial charge >= 0.3 is 5.97 Å². The predicted molar refractivity (Wildman–Crippen MR) is 81.2 cm³/mol. The number of carboxylic acids is 1. The van der Waals surface area contributed by atoms with E-state index in [0.29, 0.717) is 25.8 Å². The quantitative estimate of drug-likeness (QED) is 0.575. The molecule has 2 atom stereocenters. The molecule has 5 heteroatoms. The summed E-state index contributed by atoms with van der Waals surface area (Å²) in [6.45, 7) is 2.64. The molecule has 0 saturated carbocycles. The number of hydrogen-bond acceptors (Lipinski definition) is 3. The average Bonchev–Trinajstić information content (AvgIpc) is 2.93. The zero-order valence-corrected chi connectivity index (χ0v) is 13.1. The monoisotopic (exact) mass is 299 g/mol.